The number of hydrogen-bond acceptors (Lipinski definition) is 3. The van der Waals surface area contributed by atoms with Crippen molar-refractivity contribution in [3.63, 3.8) is 0 Å². The minimum atomic E-state index is -0.00496. The fraction of sp³-hybridized carbons (Fsp3) is 1.00. The molecule has 3 nitrogen and oxygen atoms in total. The highest BCUT2D eigenvalue weighted by molar-refractivity contribution is 4.82. The van der Waals surface area contributed by atoms with Gasteiger partial charge in [-0.05, 0) is 58.7 Å². The molecule has 1 aliphatic heterocycles. The summed E-state index contributed by atoms with van der Waals surface area (Å²) >= 11 is 0. The van der Waals surface area contributed by atoms with Gasteiger partial charge in [-0.3, -0.25) is 0 Å². The van der Waals surface area contributed by atoms with Gasteiger partial charge in [-0.15, -0.1) is 0 Å². The van der Waals surface area contributed by atoms with Gasteiger partial charge in [-0.1, -0.05) is 13.8 Å². The van der Waals surface area contributed by atoms with Crippen LogP contribution in [0.3, 0.4) is 0 Å². The van der Waals surface area contributed by atoms with Gasteiger partial charge < -0.3 is 15.0 Å². The number of hydrogen-bond donors (Lipinski definition) is 1. The second kappa shape index (κ2) is 7.46. The zero-order valence-electron chi connectivity index (χ0n) is 13.0. The molecule has 1 rings (SSSR count). The van der Waals surface area contributed by atoms with E-state index in [9.17, 15) is 0 Å². The summed E-state index contributed by atoms with van der Waals surface area (Å²) in [5.41, 5.74) is -0.00496. The van der Waals surface area contributed by atoms with E-state index in [4.69, 9.17) is 4.74 Å². The maximum absolute atomic E-state index is 5.78. The molecule has 1 N–H and O–H groups in total. The Balaban J connectivity index is 2.20. The maximum atomic E-state index is 5.78. The number of nitrogens with one attached hydrogen (secondary N) is 1. The molecule has 0 amide bonds. The van der Waals surface area contributed by atoms with Crippen LogP contribution in [-0.2, 0) is 4.74 Å². The van der Waals surface area contributed by atoms with Crippen molar-refractivity contribution in [1.82, 2.24) is 10.2 Å². The molecule has 1 aliphatic rings. The lowest BCUT2D eigenvalue weighted by molar-refractivity contribution is -0.0307. The molecule has 0 bridgehead atoms. The normalized spacial score (nSPS) is 22.0. The second-order valence-corrected chi connectivity index (χ2v) is 6.63. The molecule has 0 aliphatic carbocycles. The van der Waals surface area contributed by atoms with Gasteiger partial charge in [0.15, 0.2) is 0 Å². The average Bonchev–Trinajstić information content (AvgIpc) is 2.64. The van der Waals surface area contributed by atoms with E-state index in [-0.39, 0.29) is 5.60 Å². The monoisotopic (exact) mass is 256 g/mol. The number of rotatable bonds is 8. The second-order valence-electron chi connectivity index (χ2n) is 6.63. The predicted molar refractivity (Wildman–Crippen MR) is 78.0 cm³/mol. The Hall–Kier alpha value is -0.120. The van der Waals surface area contributed by atoms with E-state index in [1.54, 1.807) is 0 Å². The van der Waals surface area contributed by atoms with Gasteiger partial charge in [0.1, 0.15) is 0 Å². The van der Waals surface area contributed by atoms with Gasteiger partial charge in [0.25, 0.3) is 0 Å². The molecule has 0 spiro atoms. The zero-order chi connectivity index (χ0) is 13.6. The van der Waals surface area contributed by atoms with E-state index in [2.05, 4.69) is 44.8 Å². The fourth-order valence-electron chi connectivity index (χ4n) is 2.77. The molecule has 0 saturated carbocycles. The first-order valence-corrected chi connectivity index (χ1v) is 7.50. The molecule has 0 radical (unpaired) electrons. The predicted octanol–water partition coefficient (Wildman–Crippen LogP) is 2.37. The summed E-state index contributed by atoms with van der Waals surface area (Å²) in [7, 11) is 0. The van der Waals surface area contributed by atoms with Crippen LogP contribution in [0.4, 0.5) is 0 Å². The Bertz CT molecular complexity index is 229. The quantitative estimate of drug-likeness (QED) is 0.721. The number of ether oxygens (including phenoxy) is 1. The number of nitrogens with zero attached hydrogens (tertiary/aromatic N) is 1. The van der Waals surface area contributed by atoms with E-state index < -0.39 is 0 Å². The molecule has 18 heavy (non-hydrogen) atoms. The van der Waals surface area contributed by atoms with Crippen molar-refractivity contribution in [2.45, 2.75) is 46.6 Å². The summed E-state index contributed by atoms with van der Waals surface area (Å²) in [5.74, 6) is 1.57. The van der Waals surface area contributed by atoms with Crippen molar-refractivity contribution in [2.24, 2.45) is 11.8 Å². The standard InChI is InChI=1S/C15H32N2O/c1-6-18-15(4,5)12-17-8-7-14(11-17)10-16-9-13(2)3/h13-14,16H,6-12H2,1-5H3. The van der Waals surface area contributed by atoms with Crippen molar-refractivity contribution in [1.29, 1.82) is 0 Å². The van der Waals surface area contributed by atoms with Crippen LogP contribution in [0.25, 0.3) is 0 Å². The Morgan fingerprint density at radius 2 is 2.11 bits per heavy atom. The first kappa shape index (κ1) is 15.9. The van der Waals surface area contributed by atoms with Crippen LogP contribution in [0.5, 0.6) is 0 Å². The van der Waals surface area contributed by atoms with Crippen LogP contribution in [0.1, 0.15) is 41.0 Å². The van der Waals surface area contributed by atoms with Crippen molar-refractivity contribution in [2.75, 3.05) is 39.3 Å². The first-order chi connectivity index (χ1) is 8.43. The highest BCUT2D eigenvalue weighted by Crippen LogP contribution is 2.20. The molecule has 1 fully saturated rings. The largest absolute Gasteiger partial charge is 0.375 e. The summed E-state index contributed by atoms with van der Waals surface area (Å²) in [6.07, 6.45) is 1.33. The Kier molecular flexibility index (Phi) is 6.61. The smallest absolute Gasteiger partial charge is 0.0752 e. The summed E-state index contributed by atoms with van der Waals surface area (Å²) in [6, 6.07) is 0. The molecule has 0 aromatic carbocycles. The van der Waals surface area contributed by atoms with Crippen molar-refractivity contribution < 1.29 is 4.74 Å². The highest BCUT2D eigenvalue weighted by Gasteiger charge is 2.28. The van der Waals surface area contributed by atoms with Crippen LogP contribution >= 0.6 is 0 Å². The lowest BCUT2D eigenvalue weighted by atomic mass is 10.1. The highest BCUT2D eigenvalue weighted by atomic mass is 16.5. The van der Waals surface area contributed by atoms with Crippen LogP contribution < -0.4 is 5.32 Å². The van der Waals surface area contributed by atoms with E-state index in [1.807, 2.05) is 0 Å². The maximum Gasteiger partial charge on any atom is 0.0752 e. The average molecular weight is 256 g/mol. The van der Waals surface area contributed by atoms with Gasteiger partial charge >= 0.3 is 0 Å². The van der Waals surface area contributed by atoms with E-state index in [1.165, 1.54) is 26.1 Å². The van der Waals surface area contributed by atoms with Gasteiger partial charge in [-0.25, -0.2) is 0 Å². The van der Waals surface area contributed by atoms with E-state index >= 15 is 0 Å². The first-order valence-electron chi connectivity index (χ1n) is 7.50. The molecular weight excluding hydrogens is 224 g/mol. The summed E-state index contributed by atoms with van der Waals surface area (Å²) in [4.78, 5) is 2.55. The minimum absolute atomic E-state index is 0.00496. The summed E-state index contributed by atoms with van der Waals surface area (Å²) in [5, 5.41) is 3.58. The molecule has 0 aromatic rings. The Labute approximate surface area is 113 Å². The number of likely N-dealkylation sites (tertiary alicyclic amines) is 1. The summed E-state index contributed by atoms with van der Waals surface area (Å²) < 4.78 is 5.78. The van der Waals surface area contributed by atoms with Gasteiger partial charge in [-0.2, -0.15) is 0 Å². The molecule has 1 saturated heterocycles. The Morgan fingerprint density at radius 1 is 1.39 bits per heavy atom. The van der Waals surface area contributed by atoms with Crippen LogP contribution in [0.2, 0.25) is 0 Å². The topological polar surface area (TPSA) is 24.5 Å². The SMILES string of the molecule is CCOC(C)(C)CN1CCC(CNCC(C)C)C1. The zero-order valence-corrected chi connectivity index (χ0v) is 13.0. The van der Waals surface area contributed by atoms with E-state index in [0.717, 1.165) is 31.5 Å². The summed E-state index contributed by atoms with van der Waals surface area (Å²) in [6.45, 7) is 17.6. The molecule has 1 unspecified atom stereocenters. The van der Waals surface area contributed by atoms with Crippen molar-refractivity contribution >= 4 is 0 Å². The molecule has 3 heteroatoms. The third-order valence-electron chi connectivity index (χ3n) is 3.50. The van der Waals surface area contributed by atoms with E-state index in [0.29, 0.717) is 0 Å². The van der Waals surface area contributed by atoms with Gasteiger partial charge in [0.05, 0.1) is 5.60 Å². The van der Waals surface area contributed by atoms with Crippen molar-refractivity contribution in [3.8, 4) is 0 Å². The van der Waals surface area contributed by atoms with Gasteiger partial charge in [0.2, 0.25) is 0 Å². The molecule has 1 heterocycles. The lowest BCUT2D eigenvalue weighted by Crippen LogP contribution is -2.40. The molecule has 1 atom stereocenters. The van der Waals surface area contributed by atoms with Crippen molar-refractivity contribution in [3.05, 3.63) is 0 Å². The van der Waals surface area contributed by atoms with Crippen LogP contribution in [-0.4, -0.2) is 49.8 Å². The lowest BCUT2D eigenvalue weighted by Gasteiger charge is -2.30. The third-order valence-corrected chi connectivity index (χ3v) is 3.50. The fourth-order valence-corrected chi connectivity index (χ4v) is 2.77. The van der Waals surface area contributed by atoms with Gasteiger partial charge in [0, 0.05) is 19.7 Å². The Morgan fingerprint density at radius 3 is 2.72 bits per heavy atom. The van der Waals surface area contributed by atoms with Crippen LogP contribution in [0.15, 0.2) is 0 Å². The molecular formula is C15H32N2O. The third kappa shape index (κ3) is 6.17. The van der Waals surface area contributed by atoms with Crippen LogP contribution in [0, 0.1) is 11.8 Å². The minimum Gasteiger partial charge on any atom is -0.375 e. The molecule has 0 aromatic heterocycles. The molecule has 108 valence electrons.